The third kappa shape index (κ3) is 3.16. The summed E-state index contributed by atoms with van der Waals surface area (Å²) >= 11 is 0. The molecule has 1 amide bonds. The van der Waals surface area contributed by atoms with E-state index < -0.39 is 12.0 Å². The molecule has 138 valence electrons. The molecule has 7 heteroatoms. The Hall–Kier alpha value is -3.22. The second-order valence-corrected chi connectivity index (χ2v) is 6.81. The van der Waals surface area contributed by atoms with E-state index in [-0.39, 0.29) is 12.3 Å². The summed E-state index contributed by atoms with van der Waals surface area (Å²) in [5.74, 6) is -0.845. The van der Waals surface area contributed by atoms with E-state index in [9.17, 15) is 14.7 Å². The number of carboxylic acid groups (broad SMARTS) is 1. The maximum absolute atomic E-state index is 13.1. The van der Waals surface area contributed by atoms with E-state index in [0.29, 0.717) is 11.4 Å². The number of amides is 1. The topological polar surface area (TPSA) is 97.1 Å². The first-order chi connectivity index (χ1) is 13.0. The number of imidazole rings is 1. The van der Waals surface area contributed by atoms with Crippen LogP contribution in [0.3, 0.4) is 0 Å². The second-order valence-electron chi connectivity index (χ2n) is 6.81. The maximum atomic E-state index is 13.1. The van der Waals surface area contributed by atoms with E-state index >= 15 is 0 Å². The van der Waals surface area contributed by atoms with Crippen molar-refractivity contribution < 1.29 is 14.7 Å². The number of nitrogens with zero attached hydrogens (tertiary/aromatic N) is 3. The fourth-order valence-electron chi connectivity index (χ4n) is 3.68. The minimum absolute atomic E-state index is 0.121. The molecule has 1 aromatic carbocycles. The Bertz CT molecular complexity index is 1040. The van der Waals surface area contributed by atoms with Crippen LogP contribution >= 0.6 is 0 Å². The van der Waals surface area contributed by atoms with Crippen LogP contribution in [0.2, 0.25) is 0 Å². The summed E-state index contributed by atoms with van der Waals surface area (Å²) in [6, 6.07) is 6.45. The van der Waals surface area contributed by atoms with Crippen LogP contribution in [0.1, 0.15) is 33.9 Å². The molecule has 2 N–H and O–H groups in total. The van der Waals surface area contributed by atoms with Crippen LogP contribution in [0.15, 0.2) is 36.7 Å². The molecule has 0 aliphatic heterocycles. The highest BCUT2D eigenvalue weighted by atomic mass is 16.4. The van der Waals surface area contributed by atoms with Gasteiger partial charge < -0.3 is 15.0 Å². The van der Waals surface area contributed by atoms with Gasteiger partial charge in [0, 0.05) is 36.9 Å². The van der Waals surface area contributed by atoms with Gasteiger partial charge in [0.05, 0.1) is 11.1 Å². The number of benzene rings is 1. The van der Waals surface area contributed by atoms with Gasteiger partial charge in [-0.05, 0) is 30.9 Å². The Balaban J connectivity index is 1.70. The third-order valence-electron chi connectivity index (χ3n) is 5.06. The largest absolute Gasteiger partial charge is 0.480 e. The van der Waals surface area contributed by atoms with Crippen molar-refractivity contribution in [2.24, 2.45) is 7.05 Å². The van der Waals surface area contributed by atoms with Crippen molar-refractivity contribution in [3.05, 3.63) is 59.3 Å². The van der Waals surface area contributed by atoms with Crippen molar-refractivity contribution in [3.8, 4) is 0 Å². The van der Waals surface area contributed by atoms with E-state index in [1.165, 1.54) is 0 Å². The number of rotatable bonds is 5. The van der Waals surface area contributed by atoms with Gasteiger partial charge in [-0.3, -0.25) is 9.78 Å². The first kappa shape index (κ1) is 17.2. The van der Waals surface area contributed by atoms with Gasteiger partial charge in [0.1, 0.15) is 11.9 Å². The molecule has 0 saturated heterocycles. The number of carbonyl (C=O) groups is 2. The first-order valence-corrected chi connectivity index (χ1v) is 8.95. The Morgan fingerprint density at radius 3 is 2.85 bits per heavy atom. The number of para-hydroxylation sites is 1. The van der Waals surface area contributed by atoms with Crippen LogP contribution in [-0.4, -0.2) is 37.6 Å². The number of aromatic nitrogens is 3. The number of fused-ring (bicyclic) bond motifs is 2. The summed E-state index contributed by atoms with van der Waals surface area (Å²) in [5, 5.41) is 13.1. The number of nitrogens with one attached hydrogen (secondary N) is 1. The molecule has 0 bridgehead atoms. The lowest BCUT2D eigenvalue weighted by atomic mass is 10.00. The highest BCUT2D eigenvalue weighted by molar-refractivity contribution is 6.08. The van der Waals surface area contributed by atoms with E-state index in [2.05, 4.69) is 15.3 Å². The van der Waals surface area contributed by atoms with Gasteiger partial charge in [-0.15, -0.1) is 0 Å². The molecule has 1 aliphatic carbocycles. The minimum atomic E-state index is -1.08. The molecule has 7 nitrogen and oxygen atoms in total. The van der Waals surface area contributed by atoms with Gasteiger partial charge in [0.2, 0.25) is 0 Å². The monoisotopic (exact) mass is 364 g/mol. The number of hydrogen-bond donors (Lipinski definition) is 2. The summed E-state index contributed by atoms with van der Waals surface area (Å²) in [5.41, 5.74) is 3.20. The number of carbonyl (C=O) groups excluding carboxylic acids is 1. The van der Waals surface area contributed by atoms with E-state index in [1.54, 1.807) is 24.0 Å². The van der Waals surface area contributed by atoms with Gasteiger partial charge in [0.15, 0.2) is 0 Å². The van der Waals surface area contributed by atoms with Crippen molar-refractivity contribution >= 4 is 22.8 Å². The van der Waals surface area contributed by atoms with Gasteiger partial charge in [-0.25, -0.2) is 9.78 Å². The Labute approximate surface area is 156 Å². The predicted molar refractivity (Wildman–Crippen MR) is 99.6 cm³/mol. The summed E-state index contributed by atoms with van der Waals surface area (Å²) in [4.78, 5) is 33.7. The summed E-state index contributed by atoms with van der Waals surface area (Å²) in [7, 11) is 1.80. The van der Waals surface area contributed by atoms with Gasteiger partial charge in [-0.1, -0.05) is 18.2 Å². The lowest BCUT2D eigenvalue weighted by molar-refractivity contribution is -0.139. The zero-order valence-electron chi connectivity index (χ0n) is 15.0. The number of pyridine rings is 1. The van der Waals surface area contributed by atoms with E-state index in [0.717, 1.165) is 41.4 Å². The third-order valence-corrected chi connectivity index (χ3v) is 5.06. The van der Waals surface area contributed by atoms with Crippen LogP contribution < -0.4 is 5.32 Å². The predicted octanol–water partition coefficient (Wildman–Crippen LogP) is 1.88. The summed E-state index contributed by atoms with van der Waals surface area (Å²) in [6.07, 6.45) is 6.06. The molecule has 0 fully saturated rings. The molecule has 1 unspecified atom stereocenters. The number of aliphatic carboxylic acids is 1. The molecule has 3 aromatic rings. The van der Waals surface area contributed by atoms with E-state index in [4.69, 9.17) is 0 Å². The van der Waals surface area contributed by atoms with Gasteiger partial charge in [-0.2, -0.15) is 0 Å². The Morgan fingerprint density at radius 2 is 2.11 bits per heavy atom. The van der Waals surface area contributed by atoms with Crippen molar-refractivity contribution in [2.75, 3.05) is 0 Å². The maximum Gasteiger partial charge on any atom is 0.326 e. The van der Waals surface area contributed by atoms with Gasteiger partial charge in [0.25, 0.3) is 5.91 Å². The number of carboxylic acids is 1. The van der Waals surface area contributed by atoms with Gasteiger partial charge >= 0.3 is 5.97 Å². The lowest BCUT2D eigenvalue weighted by Gasteiger charge is -2.17. The van der Waals surface area contributed by atoms with Crippen molar-refractivity contribution in [1.29, 1.82) is 0 Å². The van der Waals surface area contributed by atoms with Crippen molar-refractivity contribution in [3.63, 3.8) is 0 Å². The normalized spacial score (nSPS) is 14.1. The number of hydrogen-bond acceptors (Lipinski definition) is 4. The molecule has 27 heavy (non-hydrogen) atoms. The average molecular weight is 364 g/mol. The molecular weight excluding hydrogens is 344 g/mol. The van der Waals surface area contributed by atoms with Crippen LogP contribution in [-0.2, 0) is 31.1 Å². The second kappa shape index (κ2) is 6.83. The molecule has 0 spiro atoms. The molecule has 2 aromatic heterocycles. The summed E-state index contributed by atoms with van der Waals surface area (Å²) in [6.45, 7) is 0. The zero-order valence-corrected chi connectivity index (χ0v) is 15.0. The zero-order chi connectivity index (χ0) is 19.0. The van der Waals surface area contributed by atoms with Crippen molar-refractivity contribution in [2.45, 2.75) is 31.7 Å². The molecule has 4 rings (SSSR count). The molecule has 0 saturated carbocycles. The summed E-state index contributed by atoms with van der Waals surface area (Å²) < 4.78 is 1.75. The minimum Gasteiger partial charge on any atom is -0.480 e. The lowest BCUT2D eigenvalue weighted by Crippen LogP contribution is -2.43. The smallest absolute Gasteiger partial charge is 0.326 e. The van der Waals surface area contributed by atoms with Crippen LogP contribution in [0.25, 0.3) is 10.9 Å². The fraction of sp³-hybridized carbons (Fsp3) is 0.300. The molecule has 0 radical (unpaired) electrons. The fourth-order valence-corrected chi connectivity index (χ4v) is 3.68. The average Bonchev–Trinajstić information content (AvgIpc) is 3.27. The Kier molecular flexibility index (Phi) is 4.35. The van der Waals surface area contributed by atoms with Crippen LogP contribution in [0.4, 0.5) is 0 Å². The van der Waals surface area contributed by atoms with Crippen LogP contribution in [0, 0.1) is 0 Å². The Morgan fingerprint density at radius 1 is 1.30 bits per heavy atom. The first-order valence-electron chi connectivity index (χ1n) is 8.95. The van der Waals surface area contributed by atoms with Crippen molar-refractivity contribution in [1.82, 2.24) is 19.9 Å². The standard InChI is InChI=1S/C20H20N4O3/c1-24-10-9-21-17(24)11-16(20(26)27)23-19(25)18-12-5-2-3-7-14(12)22-15-8-4-6-13(15)18/h2-3,5,7,9-10,16H,4,6,8,11H2,1H3,(H,23,25)(H,26,27). The SMILES string of the molecule is Cn1ccnc1CC(NC(=O)c1c2c(nc3ccccc13)CCC2)C(=O)O. The van der Waals surface area contributed by atoms with E-state index in [1.807, 2.05) is 24.3 Å². The highest BCUT2D eigenvalue weighted by Crippen LogP contribution is 2.30. The molecular formula is C20H20N4O3. The van der Waals surface area contributed by atoms with Crippen LogP contribution in [0.5, 0.6) is 0 Å². The molecule has 2 heterocycles. The number of aryl methyl sites for hydroxylation is 2. The highest BCUT2D eigenvalue weighted by Gasteiger charge is 2.28. The quantitative estimate of drug-likeness (QED) is 0.720. The molecule has 1 aliphatic rings. The molecule has 1 atom stereocenters.